The van der Waals surface area contributed by atoms with E-state index in [0.717, 1.165) is 12.8 Å². The molecule has 1 aromatic carbocycles. The number of nitrogens with zero attached hydrogens (tertiary/aromatic N) is 3. The fourth-order valence-corrected chi connectivity index (χ4v) is 3.38. The standard InChI is InChI=1S/C19H24N4O3/c1-4-26-17(24)16-12-20-18(22(16)3)21-19(25)23-11-7-10-15(23)14-9-6-5-8-13(14)2/h5-6,8-9,12,15H,4,7,10-11H2,1-3H3,(H,20,21,25)/t15-/m0/s1. The van der Waals surface area contributed by atoms with Gasteiger partial charge in [0.15, 0.2) is 0 Å². The van der Waals surface area contributed by atoms with Crippen molar-refractivity contribution in [1.29, 1.82) is 0 Å². The van der Waals surface area contributed by atoms with Crippen LogP contribution in [0.15, 0.2) is 30.5 Å². The fourth-order valence-electron chi connectivity index (χ4n) is 3.38. The molecule has 1 aliphatic heterocycles. The van der Waals surface area contributed by atoms with E-state index >= 15 is 0 Å². The number of anilines is 1. The first-order valence-electron chi connectivity index (χ1n) is 8.85. The summed E-state index contributed by atoms with van der Waals surface area (Å²) in [5.41, 5.74) is 2.66. The summed E-state index contributed by atoms with van der Waals surface area (Å²) in [6.07, 6.45) is 3.31. The van der Waals surface area contributed by atoms with Crippen molar-refractivity contribution in [3.8, 4) is 0 Å². The molecule has 7 nitrogen and oxygen atoms in total. The van der Waals surface area contributed by atoms with Gasteiger partial charge in [0.2, 0.25) is 5.95 Å². The number of aromatic nitrogens is 2. The van der Waals surface area contributed by atoms with Gasteiger partial charge in [0.05, 0.1) is 18.8 Å². The third kappa shape index (κ3) is 3.42. The van der Waals surface area contributed by atoms with E-state index in [-0.39, 0.29) is 18.7 Å². The Morgan fingerprint density at radius 1 is 1.35 bits per heavy atom. The quantitative estimate of drug-likeness (QED) is 0.853. The molecule has 0 bridgehead atoms. The van der Waals surface area contributed by atoms with E-state index in [2.05, 4.69) is 29.4 Å². The summed E-state index contributed by atoms with van der Waals surface area (Å²) in [5, 5.41) is 2.82. The summed E-state index contributed by atoms with van der Waals surface area (Å²) >= 11 is 0. The smallest absolute Gasteiger partial charge is 0.356 e. The topological polar surface area (TPSA) is 76.5 Å². The first-order chi connectivity index (χ1) is 12.5. The lowest BCUT2D eigenvalue weighted by Crippen LogP contribution is -2.35. The maximum Gasteiger partial charge on any atom is 0.356 e. The number of nitrogens with one attached hydrogen (secondary N) is 1. The maximum absolute atomic E-state index is 12.8. The number of rotatable bonds is 4. The van der Waals surface area contributed by atoms with Gasteiger partial charge in [-0.15, -0.1) is 0 Å². The SMILES string of the molecule is CCOC(=O)c1cnc(NC(=O)N2CCC[C@H]2c2ccccc2C)n1C. The molecule has 1 N–H and O–H groups in total. The van der Waals surface area contributed by atoms with E-state index in [4.69, 9.17) is 4.74 Å². The number of ether oxygens (including phenoxy) is 1. The van der Waals surface area contributed by atoms with Gasteiger partial charge in [-0.05, 0) is 37.8 Å². The molecule has 1 atom stereocenters. The Labute approximate surface area is 153 Å². The molecule has 1 aromatic heterocycles. The number of hydrogen-bond donors (Lipinski definition) is 1. The van der Waals surface area contributed by atoms with Crippen molar-refractivity contribution in [2.45, 2.75) is 32.7 Å². The number of hydrogen-bond acceptors (Lipinski definition) is 4. The van der Waals surface area contributed by atoms with Crippen LogP contribution in [-0.4, -0.2) is 39.6 Å². The Kier molecular flexibility index (Phi) is 5.25. The zero-order chi connectivity index (χ0) is 18.7. The number of carbonyl (C=O) groups is 2. The maximum atomic E-state index is 12.8. The van der Waals surface area contributed by atoms with Crippen molar-refractivity contribution in [3.05, 3.63) is 47.3 Å². The number of likely N-dealkylation sites (tertiary alicyclic amines) is 1. The Morgan fingerprint density at radius 2 is 2.12 bits per heavy atom. The first-order valence-corrected chi connectivity index (χ1v) is 8.85. The first kappa shape index (κ1) is 18.0. The Bertz CT molecular complexity index is 815. The molecular weight excluding hydrogens is 332 g/mol. The summed E-state index contributed by atoms with van der Waals surface area (Å²) in [4.78, 5) is 30.7. The second kappa shape index (κ2) is 7.59. The zero-order valence-electron chi connectivity index (χ0n) is 15.4. The number of imidazole rings is 1. The summed E-state index contributed by atoms with van der Waals surface area (Å²) in [6.45, 7) is 4.79. The molecule has 7 heteroatoms. The summed E-state index contributed by atoms with van der Waals surface area (Å²) in [6, 6.07) is 7.99. The molecule has 2 aromatic rings. The van der Waals surface area contributed by atoms with Gasteiger partial charge in [0, 0.05) is 13.6 Å². The highest BCUT2D eigenvalue weighted by molar-refractivity contribution is 5.91. The van der Waals surface area contributed by atoms with Crippen LogP contribution in [-0.2, 0) is 11.8 Å². The number of urea groups is 1. The predicted molar refractivity (Wildman–Crippen MR) is 98.0 cm³/mol. The Balaban J connectivity index is 1.76. The average molecular weight is 356 g/mol. The van der Waals surface area contributed by atoms with Crippen LogP contribution in [0.25, 0.3) is 0 Å². The van der Waals surface area contributed by atoms with Crippen LogP contribution in [0.4, 0.5) is 10.7 Å². The van der Waals surface area contributed by atoms with Crippen LogP contribution in [0.1, 0.15) is 47.4 Å². The number of amides is 2. The molecule has 26 heavy (non-hydrogen) atoms. The van der Waals surface area contributed by atoms with Crippen LogP contribution in [0.2, 0.25) is 0 Å². The molecule has 0 saturated carbocycles. The second-order valence-electron chi connectivity index (χ2n) is 6.38. The van der Waals surface area contributed by atoms with Crippen molar-refractivity contribution >= 4 is 17.9 Å². The monoisotopic (exact) mass is 356 g/mol. The lowest BCUT2D eigenvalue weighted by atomic mass is 9.99. The van der Waals surface area contributed by atoms with E-state index in [1.54, 1.807) is 14.0 Å². The minimum absolute atomic E-state index is 0.0565. The normalized spacial score (nSPS) is 16.6. The van der Waals surface area contributed by atoms with Crippen LogP contribution in [0, 0.1) is 6.92 Å². The summed E-state index contributed by atoms with van der Waals surface area (Å²) < 4.78 is 6.53. The van der Waals surface area contributed by atoms with E-state index in [1.807, 2.05) is 17.0 Å². The van der Waals surface area contributed by atoms with Crippen molar-refractivity contribution in [2.24, 2.45) is 7.05 Å². The van der Waals surface area contributed by atoms with Gasteiger partial charge in [-0.1, -0.05) is 24.3 Å². The molecular formula is C19H24N4O3. The second-order valence-corrected chi connectivity index (χ2v) is 6.38. The molecule has 0 aliphatic carbocycles. The van der Waals surface area contributed by atoms with Crippen molar-refractivity contribution < 1.29 is 14.3 Å². The average Bonchev–Trinajstić information content (AvgIpc) is 3.23. The molecule has 138 valence electrons. The third-order valence-electron chi connectivity index (χ3n) is 4.75. The molecule has 1 fully saturated rings. The highest BCUT2D eigenvalue weighted by atomic mass is 16.5. The molecule has 0 spiro atoms. The van der Waals surface area contributed by atoms with Gasteiger partial charge < -0.3 is 14.2 Å². The van der Waals surface area contributed by atoms with Crippen LogP contribution in [0.3, 0.4) is 0 Å². The van der Waals surface area contributed by atoms with Gasteiger partial charge in [0.1, 0.15) is 5.69 Å². The molecule has 2 amide bonds. The van der Waals surface area contributed by atoms with Crippen LogP contribution in [0.5, 0.6) is 0 Å². The molecule has 1 saturated heterocycles. The van der Waals surface area contributed by atoms with Gasteiger partial charge in [0.25, 0.3) is 0 Å². The summed E-state index contributed by atoms with van der Waals surface area (Å²) in [5.74, 6) is -0.129. The van der Waals surface area contributed by atoms with E-state index < -0.39 is 5.97 Å². The van der Waals surface area contributed by atoms with Gasteiger partial charge in [-0.2, -0.15) is 0 Å². The van der Waals surface area contributed by atoms with E-state index in [1.165, 1.54) is 21.9 Å². The fraction of sp³-hybridized carbons (Fsp3) is 0.421. The van der Waals surface area contributed by atoms with Crippen molar-refractivity contribution in [3.63, 3.8) is 0 Å². The van der Waals surface area contributed by atoms with Gasteiger partial charge in [-0.25, -0.2) is 14.6 Å². The lowest BCUT2D eigenvalue weighted by Gasteiger charge is -2.26. The van der Waals surface area contributed by atoms with E-state index in [0.29, 0.717) is 18.2 Å². The molecule has 2 heterocycles. The predicted octanol–water partition coefficient (Wildman–Crippen LogP) is 3.27. The Hall–Kier alpha value is -2.83. The minimum atomic E-state index is -0.457. The molecule has 0 radical (unpaired) electrons. The molecule has 3 rings (SSSR count). The minimum Gasteiger partial charge on any atom is -0.461 e. The highest BCUT2D eigenvalue weighted by Crippen LogP contribution is 2.33. The molecule has 0 unspecified atom stereocenters. The van der Waals surface area contributed by atoms with E-state index in [9.17, 15) is 9.59 Å². The van der Waals surface area contributed by atoms with Gasteiger partial charge >= 0.3 is 12.0 Å². The number of benzene rings is 1. The zero-order valence-corrected chi connectivity index (χ0v) is 15.4. The van der Waals surface area contributed by atoms with Crippen LogP contribution >= 0.6 is 0 Å². The Morgan fingerprint density at radius 3 is 2.85 bits per heavy atom. The number of aryl methyl sites for hydroxylation is 1. The van der Waals surface area contributed by atoms with Crippen molar-refractivity contribution in [2.75, 3.05) is 18.5 Å². The lowest BCUT2D eigenvalue weighted by molar-refractivity contribution is 0.0515. The largest absolute Gasteiger partial charge is 0.461 e. The number of carbonyl (C=O) groups excluding carboxylic acids is 2. The third-order valence-corrected chi connectivity index (χ3v) is 4.75. The van der Waals surface area contributed by atoms with Crippen molar-refractivity contribution in [1.82, 2.24) is 14.5 Å². The molecule has 1 aliphatic rings. The number of esters is 1. The van der Waals surface area contributed by atoms with Gasteiger partial charge in [-0.3, -0.25) is 5.32 Å². The van der Waals surface area contributed by atoms with Crippen LogP contribution < -0.4 is 5.32 Å². The highest BCUT2D eigenvalue weighted by Gasteiger charge is 2.31. The summed E-state index contributed by atoms with van der Waals surface area (Å²) in [7, 11) is 1.68.